The maximum Gasteiger partial charge on any atom is 0.351 e. The highest BCUT2D eigenvalue weighted by molar-refractivity contribution is 7.64. The molecule has 0 aromatic carbocycles. The van der Waals surface area contributed by atoms with Crippen molar-refractivity contribution in [3.8, 4) is 0 Å². The van der Waals surface area contributed by atoms with Crippen molar-refractivity contribution in [2.45, 2.75) is 31.0 Å². The van der Waals surface area contributed by atoms with Gasteiger partial charge in [-0.15, -0.1) is 0 Å². The fourth-order valence-corrected chi connectivity index (χ4v) is 5.43. The van der Waals surface area contributed by atoms with E-state index in [0.717, 1.165) is 6.20 Å². The van der Waals surface area contributed by atoms with E-state index in [4.69, 9.17) is 15.6 Å². The number of nitrogens with zero attached hydrogens (tertiary/aromatic N) is 2. The summed E-state index contributed by atoms with van der Waals surface area (Å²) in [4.78, 5) is 58.8. The summed E-state index contributed by atoms with van der Waals surface area (Å²) in [5.41, 5.74) is 4.71. The summed E-state index contributed by atoms with van der Waals surface area (Å²) in [5.74, 6) is -0.206. The number of nitrogens with two attached hydrogens (primary N) is 1. The zero-order chi connectivity index (χ0) is 24.5. The number of phosphoric ester groups is 1. The van der Waals surface area contributed by atoms with Crippen LogP contribution in [0.15, 0.2) is 11.0 Å². The Hall–Kier alpha value is -1.07. The van der Waals surface area contributed by atoms with Gasteiger partial charge in [0.15, 0.2) is 6.23 Å². The van der Waals surface area contributed by atoms with E-state index in [2.05, 4.69) is 18.1 Å². The highest BCUT2D eigenvalue weighted by Gasteiger charge is 2.45. The summed E-state index contributed by atoms with van der Waals surface area (Å²) in [5, 5.41) is 29.2. The van der Waals surface area contributed by atoms with Crippen molar-refractivity contribution in [1.82, 2.24) is 9.55 Å². The molecule has 2 rings (SSSR count). The number of phosphoric acid groups is 3. The van der Waals surface area contributed by atoms with Crippen LogP contribution in [-0.2, 0) is 38.0 Å². The Balaban J connectivity index is 2.12. The van der Waals surface area contributed by atoms with Crippen molar-refractivity contribution in [3.63, 3.8) is 0 Å². The van der Waals surface area contributed by atoms with Crippen molar-refractivity contribution >= 4 is 29.3 Å². The third-order valence-corrected chi connectivity index (χ3v) is 7.52. The first-order chi connectivity index (χ1) is 14.6. The van der Waals surface area contributed by atoms with Gasteiger partial charge < -0.3 is 54.5 Å². The molecule has 0 bridgehead atoms. The lowest BCUT2D eigenvalue weighted by Gasteiger charge is -2.37. The van der Waals surface area contributed by atoms with Gasteiger partial charge in [-0.05, 0) is 0 Å². The third-order valence-electron chi connectivity index (χ3n) is 3.85. The Morgan fingerprint density at radius 2 is 1.75 bits per heavy atom. The maximum atomic E-state index is 12.1. The molecular weight excluding hydrogens is 507 g/mol. The monoisotopic (exact) mass is 523 g/mol. The molecule has 1 fully saturated rings. The second-order valence-corrected chi connectivity index (χ2v) is 10.4. The average molecular weight is 523 g/mol. The molecule has 2 heterocycles. The van der Waals surface area contributed by atoms with Crippen LogP contribution in [0.1, 0.15) is 11.8 Å². The molecule has 18 nitrogen and oxygen atoms in total. The standard InChI is InChI=1S/C11H20N3O15P3/c12-9-5(1-2-15)3-14(11(18)13-9)10-8(17)7(16)6(27-10)4-26-31(22,23)29-32(24,25)28-30(19,20)21/h3,6-8,10,15-17H,1-2,4H2,(H,22,23)(H,24,25)(H2,12,13,18)(H2,19,20,21)/p-4. The van der Waals surface area contributed by atoms with Crippen LogP contribution in [0.2, 0.25) is 0 Å². The highest BCUT2D eigenvalue weighted by atomic mass is 31.3. The average Bonchev–Trinajstić information content (AvgIpc) is 2.87. The lowest BCUT2D eigenvalue weighted by molar-refractivity contribution is -0.339. The van der Waals surface area contributed by atoms with Gasteiger partial charge in [-0.2, -0.15) is 4.98 Å². The van der Waals surface area contributed by atoms with Crippen molar-refractivity contribution < 1.29 is 66.5 Å². The molecule has 6 unspecified atom stereocenters. The minimum absolute atomic E-state index is 0.0231. The van der Waals surface area contributed by atoms with Crippen molar-refractivity contribution in [1.29, 1.82) is 0 Å². The molecule has 6 atom stereocenters. The smallest absolute Gasteiger partial charge is 0.351 e. The molecule has 32 heavy (non-hydrogen) atoms. The number of ether oxygens (including phenoxy) is 1. The van der Waals surface area contributed by atoms with Crippen LogP contribution in [0.4, 0.5) is 5.82 Å². The van der Waals surface area contributed by atoms with Crippen LogP contribution < -0.4 is 31.0 Å². The normalized spacial score (nSPS) is 27.7. The first kappa shape index (κ1) is 27.2. The summed E-state index contributed by atoms with van der Waals surface area (Å²) < 4.78 is 49.4. The van der Waals surface area contributed by atoms with Crippen LogP contribution >= 0.6 is 23.5 Å². The lowest BCUT2D eigenvalue weighted by atomic mass is 10.1. The van der Waals surface area contributed by atoms with E-state index in [1.165, 1.54) is 0 Å². The molecule has 184 valence electrons. The summed E-state index contributed by atoms with van der Waals surface area (Å²) in [6.45, 7) is -1.54. The summed E-state index contributed by atoms with van der Waals surface area (Å²) in [6.07, 6.45) is -5.94. The number of aliphatic hydroxyl groups is 3. The van der Waals surface area contributed by atoms with Crippen molar-refractivity contribution in [2.75, 3.05) is 18.9 Å². The van der Waals surface area contributed by atoms with Crippen LogP contribution in [0.5, 0.6) is 0 Å². The molecular formula is C11H16N3O15P3-4. The van der Waals surface area contributed by atoms with Gasteiger partial charge in [-0.1, -0.05) is 0 Å². The second kappa shape index (κ2) is 10.0. The molecule has 0 spiro atoms. The summed E-state index contributed by atoms with van der Waals surface area (Å²) >= 11 is 0. The van der Waals surface area contributed by atoms with Crippen LogP contribution in [0, 0.1) is 0 Å². The first-order valence-corrected chi connectivity index (χ1v) is 12.6. The lowest BCUT2D eigenvalue weighted by Crippen LogP contribution is -2.36. The number of nitrogen functional groups attached to an aromatic ring is 1. The largest absolute Gasteiger partial charge is 0.790 e. The van der Waals surface area contributed by atoms with Crippen LogP contribution in [-0.4, -0.2) is 56.4 Å². The fourth-order valence-electron chi connectivity index (χ4n) is 2.56. The molecule has 1 aromatic rings. The van der Waals surface area contributed by atoms with Gasteiger partial charge >= 0.3 is 5.69 Å². The van der Waals surface area contributed by atoms with Gasteiger partial charge in [0.05, 0.1) is 14.4 Å². The summed E-state index contributed by atoms with van der Waals surface area (Å²) in [7, 11) is -18.2. The molecule has 1 saturated heterocycles. The number of rotatable bonds is 10. The number of aliphatic hydroxyl groups excluding tert-OH is 3. The van der Waals surface area contributed by atoms with Crippen LogP contribution in [0.25, 0.3) is 0 Å². The second-order valence-electron chi connectivity index (χ2n) is 6.16. The predicted molar refractivity (Wildman–Crippen MR) is 90.6 cm³/mol. The minimum atomic E-state index is -6.19. The topological polar surface area (TPSA) is 302 Å². The molecule has 1 aromatic heterocycles. The molecule has 0 aliphatic carbocycles. The van der Waals surface area contributed by atoms with E-state index in [0.29, 0.717) is 4.57 Å². The zero-order valence-electron chi connectivity index (χ0n) is 15.6. The zero-order valence-corrected chi connectivity index (χ0v) is 18.2. The molecule has 0 amide bonds. The molecule has 1 aliphatic heterocycles. The number of hydrogen-bond donors (Lipinski definition) is 4. The first-order valence-electron chi connectivity index (χ1n) is 8.26. The Labute approximate surface area is 178 Å². The van der Waals surface area contributed by atoms with Crippen molar-refractivity contribution in [2.24, 2.45) is 0 Å². The molecule has 1 aliphatic rings. The summed E-state index contributed by atoms with van der Waals surface area (Å²) in [6, 6.07) is 0. The van der Waals surface area contributed by atoms with Gasteiger partial charge in [0.25, 0.3) is 15.6 Å². The number of hydrogen-bond acceptors (Lipinski definition) is 17. The maximum absolute atomic E-state index is 12.1. The van der Waals surface area contributed by atoms with E-state index in [9.17, 15) is 48.3 Å². The van der Waals surface area contributed by atoms with E-state index in [1.54, 1.807) is 0 Å². The van der Waals surface area contributed by atoms with Gasteiger partial charge in [0.1, 0.15) is 24.1 Å². The molecule has 0 saturated carbocycles. The van der Waals surface area contributed by atoms with E-state index in [1.807, 2.05) is 0 Å². The highest BCUT2D eigenvalue weighted by Crippen LogP contribution is 2.60. The Morgan fingerprint density at radius 3 is 2.31 bits per heavy atom. The van der Waals surface area contributed by atoms with Gasteiger partial charge in [0, 0.05) is 24.8 Å². The van der Waals surface area contributed by atoms with Crippen molar-refractivity contribution in [3.05, 3.63) is 22.2 Å². The third kappa shape index (κ3) is 7.21. The molecule has 5 N–H and O–H groups in total. The molecule has 0 radical (unpaired) electrons. The Bertz CT molecular complexity index is 1030. The SMILES string of the molecule is Nc1nc(=O)n(C2OC(COP(=O)([O-])OP(=O)([O-])OP(=O)([O-])[O-])C(O)C2O)cc1CCO. The fraction of sp³-hybridized carbons (Fsp3) is 0.636. The Morgan fingerprint density at radius 1 is 1.12 bits per heavy atom. The number of aromatic nitrogens is 2. The van der Waals surface area contributed by atoms with E-state index < -0.39 is 60.3 Å². The van der Waals surface area contributed by atoms with Gasteiger partial charge in [-0.3, -0.25) is 18.0 Å². The van der Waals surface area contributed by atoms with Gasteiger partial charge in [-0.25, -0.2) is 9.11 Å². The van der Waals surface area contributed by atoms with E-state index >= 15 is 0 Å². The van der Waals surface area contributed by atoms with E-state index in [-0.39, 0.29) is 24.4 Å². The minimum Gasteiger partial charge on any atom is -0.790 e. The number of anilines is 1. The van der Waals surface area contributed by atoms with Gasteiger partial charge in [0.2, 0.25) is 0 Å². The van der Waals surface area contributed by atoms with Crippen LogP contribution in [0.3, 0.4) is 0 Å². The quantitative estimate of drug-likeness (QED) is 0.208. The molecule has 21 heteroatoms. The Kier molecular flexibility index (Phi) is 8.53. The predicted octanol–water partition coefficient (Wildman–Crippen LogP) is -5.21.